The minimum absolute atomic E-state index is 0.0652. The summed E-state index contributed by atoms with van der Waals surface area (Å²) in [6.45, 7) is 0.711. The minimum atomic E-state index is 0.0652. The molecule has 0 saturated heterocycles. The van der Waals surface area contributed by atoms with Crippen LogP contribution in [0, 0.1) is 0 Å². The predicted octanol–water partition coefficient (Wildman–Crippen LogP) is 4.01. The number of fused-ring (bicyclic) bond motifs is 2. The summed E-state index contributed by atoms with van der Waals surface area (Å²) in [5.74, 6) is 0.973. The molecule has 1 heterocycles. The first-order valence-corrected chi connectivity index (χ1v) is 7.10. The molecule has 0 atom stereocenters. The summed E-state index contributed by atoms with van der Waals surface area (Å²) in [4.78, 5) is 12.6. The molecular formula is C19H14O2. The molecule has 0 fully saturated rings. The fourth-order valence-electron chi connectivity index (χ4n) is 2.83. The Morgan fingerprint density at radius 3 is 2.52 bits per heavy atom. The van der Waals surface area contributed by atoms with Crippen LogP contribution >= 0.6 is 0 Å². The number of hydrogen-bond acceptors (Lipinski definition) is 2. The molecule has 0 bridgehead atoms. The van der Waals surface area contributed by atoms with Gasteiger partial charge < -0.3 is 4.74 Å². The molecule has 1 aliphatic rings. The largest absolute Gasteiger partial charge is 0.493 e. The number of carbonyl (C=O) groups is 1. The molecule has 102 valence electrons. The Kier molecular flexibility index (Phi) is 2.74. The molecule has 0 aromatic heterocycles. The molecule has 21 heavy (non-hydrogen) atoms. The summed E-state index contributed by atoms with van der Waals surface area (Å²) in [6, 6.07) is 19.6. The quantitative estimate of drug-likeness (QED) is 0.660. The van der Waals surface area contributed by atoms with Gasteiger partial charge >= 0.3 is 0 Å². The summed E-state index contributed by atoms with van der Waals surface area (Å²) in [5.41, 5.74) is 2.59. The second-order valence-electron chi connectivity index (χ2n) is 5.31. The monoisotopic (exact) mass is 274 g/mol. The van der Waals surface area contributed by atoms with Crippen LogP contribution in [0.25, 0.3) is 10.8 Å². The molecule has 0 aliphatic carbocycles. The summed E-state index contributed by atoms with van der Waals surface area (Å²) in [7, 11) is 0. The highest BCUT2D eigenvalue weighted by Gasteiger charge is 2.16. The van der Waals surface area contributed by atoms with Gasteiger partial charge in [-0.3, -0.25) is 4.79 Å². The van der Waals surface area contributed by atoms with Crippen LogP contribution < -0.4 is 4.74 Å². The van der Waals surface area contributed by atoms with Crippen molar-refractivity contribution in [3.05, 3.63) is 77.4 Å². The molecule has 2 nitrogen and oxygen atoms in total. The Labute approximate surface area is 123 Å². The molecule has 1 aliphatic heterocycles. The average molecular weight is 274 g/mol. The summed E-state index contributed by atoms with van der Waals surface area (Å²) in [5, 5.41) is 2.24. The number of benzene rings is 3. The first-order valence-electron chi connectivity index (χ1n) is 7.10. The van der Waals surface area contributed by atoms with Crippen LogP contribution in [0.4, 0.5) is 0 Å². The molecule has 0 radical (unpaired) electrons. The van der Waals surface area contributed by atoms with Crippen LogP contribution in [0.5, 0.6) is 5.75 Å². The highest BCUT2D eigenvalue weighted by atomic mass is 16.5. The van der Waals surface area contributed by atoms with Crippen LogP contribution in [0.1, 0.15) is 21.5 Å². The van der Waals surface area contributed by atoms with E-state index < -0.39 is 0 Å². The van der Waals surface area contributed by atoms with Crippen LogP contribution in [0.3, 0.4) is 0 Å². The zero-order valence-electron chi connectivity index (χ0n) is 11.5. The van der Waals surface area contributed by atoms with E-state index in [2.05, 4.69) is 6.07 Å². The molecule has 0 amide bonds. The second kappa shape index (κ2) is 4.74. The van der Waals surface area contributed by atoms with Gasteiger partial charge in [-0.2, -0.15) is 0 Å². The molecule has 3 aromatic rings. The number of hydrogen-bond donors (Lipinski definition) is 0. The number of rotatable bonds is 2. The molecule has 4 rings (SSSR count). The lowest BCUT2D eigenvalue weighted by Crippen LogP contribution is -2.01. The first-order chi connectivity index (χ1) is 10.3. The lowest BCUT2D eigenvalue weighted by molar-refractivity contribution is 0.103. The highest BCUT2D eigenvalue weighted by molar-refractivity contribution is 6.10. The Balaban J connectivity index is 1.75. The fraction of sp³-hybridized carbons (Fsp3) is 0.105. The molecule has 0 N–H and O–H groups in total. The van der Waals surface area contributed by atoms with Crippen molar-refractivity contribution in [2.75, 3.05) is 6.61 Å². The molecule has 2 heteroatoms. The van der Waals surface area contributed by atoms with Gasteiger partial charge in [0.15, 0.2) is 5.78 Å². The van der Waals surface area contributed by atoms with Crippen LogP contribution in [0.15, 0.2) is 60.7 Å². The van der Waals surface area contributed by atoms with E-state index in [-0.39, 0.29) is 5.78 Å². The number of ether oxygens (including phenoxy) is 1. The van der Waals surface area contributed by atoms with Gasteiger partial charge in [0.25, 0.3) is 0 Å². The van der Waals surface area contributed by atoms with Gasteiger partial charge in [-0.1, -0.05) is 36.4 Å². The van der Waals surface area contributed by atoms with Crippen molar-refractivity contribution in [3.8, 4) is 5.75 Å². The normalized spacial score (nSPS) is 13.0. The summed E-state index contributed by atoms with van der Waals surface area (Å²) < 4.78 is 5.49. The maximum atomic E-state index is 12.6. The fourth-order valence-corrected chi connectivity index (χ4v) is 2.83. The van der Waals surface area contributed by atoms with Crippen LogP contribution in [-0.4, -0.2) is 12.4 Å². The average Bonchev–Trinajstić information content (AvgIpc) is 3.01. The third-order valence-electron chi connectivity index (χ3n) is 3.96. The molecular weight excluding hydrogens is 260 g/mol. The van der Waals surface area contributed by atoms with E-state index in [1.54, 1.807) is 0 Å². The van der Waals surface area contributed by atoms with Crippen molar-refractivity contribution in [3.63, 3.8) is 0 Å². The minimum Gasteiger partial charge on any atom is -0.493 e. The molecule has 3 aromatic carbocycles. The van der Waals surface area contributed by atoms with Gasteiger partial charge in [0.2, 0.25) is 0 Å². The van der Waals surface area contributed by atoms with Gasteiger partial charge in [0, 0.05) is 17.5 Å². The van der Waals surface area contributed by atoms with E-state index in [0.717, 1.165) is 39.6 Å². The van der Waals surface area contributed by atoms with E-state index in [0.29, 0.717) is 6.61 Å². The van der Waals surface area contributed by atoms with E-state index in [1.807, 2.05) is 54.6 Å². The Morgan fingerprint density at radius 2 is 1.62 bits per heavy atom. The van der Waals surface area contributed by atoms with E-state index in [4.69, 9.17) is 4.74 Å². The molecule has 0 saturated carbocycles. The van der Waals surface area contributed by atoms with Crippen LogP contribution in [0.2, 0.25) is 0 Å². The van der Waals surface area contributed by atoms with E-state index >= 15 is 0 Å². The van der Waals surface area contributed by atoms with Crippen molar-refractivity contribution in [1.82, 2.24) is 0 Å². The maximum absolute atomic E-state index is 12.6. The van der Waals surface area contributed by atoms with Gasteiger partial charge in [-0.15, -0.1) is 0 Å². The second-order valence-corrected chi connectivity index (χ2v) is 5.31. The molecule has 0 spiro atoms. The van der Waals surface area contributed by atoms with Crippen molar-refractivity contribution in [1.29, 1.82) is 0 Å². The standard InChI is InChI=1S/C19H14O2/c20-19(17-7-8-18-15(12-17)9-10-21-18)16-6-5-13-3-1-2-4-14(13)11-16/h1-8,11-12H,9-10H2. The Bertz CT molecular complexity index is 849. The topological polar surface area (TPSA) is 26.3 Å². The number of carbonyl (C=O) groups excluding carboxylic acids is 1. The van der Waals surface area contributed by atoms with Crippen molar-refractivity contribution in [2.24, 2.45) is 0 Å². The third-order valence-corrected chi connectivity index (χ3v) is 3.96. The summed E-state index contributed by atoms with van der Waals surface area (Å²) >= 11 is 0. The van der Waals surface area contributed by atoms with Gasteiger partial charge in [0.1, 0.15) is 5.75 Å². The predicted molar refractivity (Wildman–Crippen MR) is 83.0 cm³/mol. The van der Waals surface area contributed by atoms with E-state index in [9.17, 15) is 4.79 Å². The first kappa shape index (κ1) is 12.2. The lowest BCUT2D eigenvalue weighted by atomic mass is 9.98. The Morgan fingerprint density at radius 1 is 0.857 bits per heavy atom. The van der Waals surface area contributed by atoms with Crippen LogP contribution in [-0.2, 0) is 6.42 Å². The van der Waals surface area contributed by atoms with E-state index in [1.165, 1.54) is 0 Å². The Hall–Kier alpha value is -2.61. The summed E-state index contributed by atoms with van der Waals surface area (Å²) in [6.07, 6.45) is 0.883. The van der Waals surface area contributed by atoms with Gasteiger partial charge in [-0.25, -0.2) is 0 Å². The van der Waals surface area contributed by atoms with Crippen molar-refractivity contribution >= 4 is 16.6 Å². The number of ketones is 1. The smallest absolute Gasteiger partial charge is 0.193 e. The lowest BCUT2D eigenvalue weighted by Gasteiger charge is -2.05. The zero-order valence-corrected chi connectivity index (χ0v) is 11.5. The maximum Gasteiger partial charge on any atom is 0.193 e. The SMILES string of the molecule is O=C(c1ccc2c(c1)CCO2)c1ccc2ccccc2c1. The van der Waals surface area contributed by atoms with Crippen molar-refractivity contribution < 1.29 is 9.53 Å². The van der Waals surface area contributed by atoms with Crippen molar-refractivity contribution in [2.45, 2.75) is 6.42 Å². The molecule has 0 unspecified atom stereocenters. The highest BCUT2D eigenvalue weighted by Crippen LogP contribution is 2.27. The zero-order chi connectivity index (χ0) is 14.2. The third kappa shape index (κ3) is 2.09. The van der Waals surface area contributed by atoms with Gasteiger partial charge in [0.05, 0.1) is 6.61 Å². The van der Waals surface area contributed by atoms with Gasteiger partial charge in [-0.05, 0) is 40.6 Å².